The lowest BCUT2D eigenvalue weighted by molar-refractivity contribution is 0.627. The van der Waals surface area contributed by atoms with E-state index in [4.69, 9.17) is 4.98 Å². The molecule has 0 bridgehead atoms. The van der Waals surface area contributed by atoms with Gasteiger partial charge in [0.1, 0.15) is 16.5 Å². The lowest BCUT2D eigenvalue weighted by Crippen LogP contribution is -2.23. The fourth-order valence-corrected chi connectivity index (χ4v) is 5.00. The summed E-state index contributed by atoms with van der Waals surface area (Å²) >= 11 is 1.67. The zero-order chi connectivity index (χ0) is 19.5. The number of rotatable bonds is 6. The van der Waals surface area contributed by atoms with E-state index in [0.717, 1.165) is 60.7 Å². The van der Waals surface area contributed by atoms with E-state index in [2.05, 4.69) is 12.0 Å². The van der Waals surface area contributed by atoms with Gasteiger partial charge in [-0.2, -0.15) is 9.78 Å². The topological polar surface area (TPSA) is 47.2 Å². The van der Waals surface area contributed by atoms with Crippen molar-refractivity contribution in [3.63, 3.8) is 0 Å². The molecule has 1 aliphatic carbocycles. The van der Waals surface area contributed by atoms with Gasteiger partial charge < -0.3 is 0 Å². The van der Waals surface area contributed by atoms with E-state index in [1.807, 2.05) is 0 Å². The summed E-state index contributed by atoms with van der Waals surface area (Å²) in [6.07, 6.45) is 9.80. The minimum Gasteiger partial charge on any atom is -0.267 e. The smallest absolute Gasteiger partial charge is 0.267 e. The minimum absolute atomic E-state index is 0.0748. The van der Waals surface area contributed by atoms with Gasteiger partial charge in [-0.25, -0.2) is 9.37 Å². The number of unbranched alkanes of at least 4 members (excludes halogenated alkanes) is 2. The molecule has 28 heavy (non-hydrogen) atoms. The zero-order valence-electron chi connectivity index (χ0n) is 16.1. The molecule has 0 saturated heterocycles. The van der Waals surface area contributed by atoms with E-state index < -0.39 is 0 Å². The highest BCUT2D eigenvalue weighted by Crippen LogP contribution is 2.33. The summed E-state index contributed by atoms with van der Waals surface area (Å²) in [6, 6.07) is 6.09. The van der Waals surface area contributed by atoms with E-state index >= 15 is 0 Å². The molecule has 6 heteroatoms. The predicted octanol–water partition coefficient (Wildman–Crippen LogP) is 5.09. The van der Waals surface area contributed by atoms with Crippen molar-refractivity contribution in [2.24, 2.45) is 5.10 Å². The highest BCUT2D eigenvalue weighted by molar-refractivity contribution is 7.18. The standard InChI is InChI=1S/C22H24FN3OS/c1-2-3-4-9-19-25-21-20(17-7-5-6-8-18(17)28-21)22(27)26(19)24-14-15-10-12-16(23)13-11-15/h10-14H,2-9H2,1H3. The van der Waals surface area contributed by atoms with Gasteiger partial charge in [0, 0.05) is 11.3 Å². The molecule has 0 N–H and O–H groups in total. The van der Waals surface area contributed by atoms with Crippen LogP contribution >= 0.6 is 11.3 Å². The highest BCUT2D eigenvalue weighted by Gasteiger charge is 2.21. The normalized spacial score (nSPS) is 14.1. The van der Waals surface area contributed by atoms with Crippen molar-refractivity contribution in [3.05, 3.63) is 62.3 Å². The van der Waals surface area contributed by atoms with Crippen molar-refractivity contribution in [3.8, 4) is 0 Å². The number of thiophene rings is 1. The molecule has 0 fully saturated rings. The summed E-state index contributed by atoms with van der Waals surface area (Å²) in [6.45, 7) is 2.16. The van der Waals surface area contributed by atoms with Gasteiger partial charge in [-0.3, -0.25) is 4.79 Å². The molecule has 2 heterocycles. The van der Waals surface area contributed by atoms with Crippen LogP contribution in [0.2, 0.25) is 0 Å². The molecular weight excluding hydrogens is 373 g/mol. The van der Waals surface area contributed by atoms with Crippen LogP contribution in [0.25, 0.3) is 10.2 Å². The number of hydrogen-bond donors (Lipinski definition) is 0. The lowest BCUT2D eigenvalue weighted by atomic mass is 9.97. The number of halogens is 1. The highest BCUT2D eigenvalue weighted by atomic mass is 32.1. The maximum Gasteiger partial charge on any atom is 0.283 e. The largest absolute Gasteiger partial charge is 0.283 e. The molecule has 0 saturated carbocycles. The van der Waals surface area contributed by atoms with Crippen molar-refractivity contribution in [2.45, 2.75) is 58.3 Å². The molecule has 0 radical (unpaired) electrons. The molecule has 146 valence electrons. The average Bonchev–Trinajstić information content (AvgIpc) is 3.07. The second-order valence-corrected chi connectivity index (χ2v) is 8.37. The molecule has 0 spiro atoms. The first-order chi connectivity index (χ1) is 13.7. The van der Waals surface area contributed by atoms with Crippen LogP contribution in [-0.2, 0) is 19.3 Å². The Morgan fingerprint density at radius 3 is 2.79 bits per heavy atom. The van der Waals surface area contributed by atoms with Gasteiger partial charge >= 0.3 is 0 Å². The van der Waals surface area contributed by atoms with E-state index in [1.54, 1.807) is 29.7 Å². The third-order valence-corrected chi connectivity index (χ3v) is 6.42. The van der Waals surface area contributed by atoms with Gasteiger partial charge in [0.2, 0.25) is 0 Å². The van der Waals surface area contributed by atoms with Gasteiger partial charge in [-0.1, -0.05) is 31.9 Å². The van der Waals surface area contributed by atoms with Crippen LogP contribution in [0, 0.1) is 5.82 Å². The first-order valence-corrected chi connectivity index (χ1v) is 10.8. The third-order valence-electron chi connectivity index (χ3n) is 5.23. The molecule has 4 rings (SSSR count). The maximum atomic E-state index is 13.3. The number of benzene rings is 1. The first kappa shape index (κ1) is 19.0. The van der Waals surface area contributed by atoms with E-state index in [-0.39, 0.29) is 11.4 Å². The maximum absolute atomic E-state index is 13.3. The Balaban J connectivity index is 1.80. The molecule has 0 unspecified atom stereocenters. The fraction of sp³-hybridized carbons (Fsp3) is 0.409. The van der Waals surface area contributed by atoms with E-state index in [1.165, 1.54) is 33.7 Å². The minimum atomic E-state index is -0.289. The Morgan fingerprint density at radius 1 is 1.21 bits per heavy atom. The van der Waals surface area contributed by atoms with Gasteiger partial charge in [-0.15, -0.1) is 11.3 Å². The molecule has 1 aliphatic rings. The van der Waals surface area contributed by atoms with Gasteiger partial charge in [-0.05, 0) is 55.4 Å². The Labute approximate surface area is 167 Å². The Morgan fingerprint density at radius 2 is 2.00 bits per heavy atom. The zero-order valence-corrected chi connectivity index (χ0v) is 16.9. The number of aryl methyl sites for hydroxylation is 3. The van der Waals surface area contributed by atoms with Crippen LogP contribution in [0.15, 0.2) is 34.2 Å². The van der Waals surface area contributed by atoms with Crippen LogP contribution in [-0.4, -0.2) is 15.9 Å². The average molecular weight is 398 g/mol. The Bertz CT molecular complexity index is 1070. The van der Waals surface area contributed by atoms with Crippen molar-refractivity contribution >= 4 is 27.8 Å². The predicted molar refractivity (Wildman–Crippen MR) is 113 cm³/mol. The second kappa shape index (κ2) is 8.35. The van der Waals surface area contributed by atoms with Crippen molar-refractivity contribution in [2.75, 3.05) is 0 Å². The number of nitrogens with zero attached hydrogens (tertiary/aromatic N) is 3. The van der Waals surface area contributed by atoms with Crippen LogP contribution in [0.4, 0.5) is 4.39 Å². The summed E-state index contributed by atoms with van der Waals surface area (Å²) in [7, 11) is 0. The lowest BCUT2D eigenvalue weighted by Gasteiger charge is -2.11. The molecule has 3 aromatic rings. The van der Waals surface area contributed by atoms with E-state index in [0.29, 0.717) is 5.82 Å². The summed E-state index contributed by atoms with van der Waals surface area (Å²) in [5.74, 6) is 0.422. The van der Waals surface area contributed by atoms with Crippen LogP contribution < -0.4 is 5.56 Å². The number of fused-ring (bicyclic) bond motifs is 3. The monoisotopic (exact) mass is 397 g/mol. The third kappa shape index (κ3) is 3.78. The quantitative estimate of drug-likeness (QED) is 0.430. The van der Waals surface area contributed by atoms with Gasteiger partial charge in [0.15, 0.2) is 0 Å². The summed E-state index contributed by atoms with van der Waals surface area (Å²) in [4.78, 5) is 20.4. The van der Waals surface area contributed by atoms with E-state index in [9.17, 15) is 9.18 Å². The van der Waals surface area contributed by atoms with Crippen LogP contribution in [0.5, 0.6) is 0 Å². The van der Waals surface area contributed by atoms with Crippen molar-refractivity contribution in [1.82, 2.24) is 9.66 Å². The molecule has 1 aromatic carbocycles. The molecular formula is C22H24FN3OS. The van der Waals surface area contributed by atoms with Crippen molar-refractivity contribution in [1.29, 1.82) is 0 Å². The van der Waals surface area contributed by atoms with Crippen LogP contribution in [0.3, 0.4) is 0 Å². The Hall–Kier alpha value is -2.34. The molecule has 0 aliphatic heterocycles. The van der Waals surface area contributed by atoms with Gasteiger partial charge in [0.05, 0.1) is 11.6 Å². The molecule has 0 atom stereocenters. The molecule has 4 nitrogen and oxygen atoms in total. The van der Waals surface area contributed by atoms with Crippen LogP contribution in [0.1, 0.15) is 60.9 Å². The first-order valence-electron chi connectivity index (χ1n) is 10.0. The molecule has 0 amide bonds. The summed E-state index contributed by atoms with van der Waals surface area (Å²) < 4.78 is 14.6. The number of hydrogen-bond acceptors (Lipinski definition) is 4. The second-order valence-electron chi connectivity index (χ2n) is 7.29. The Kier molecular flexibility index (Phi) is 5.67. The van der Waals surface area contributed by atoms with Gasteiger partial charge in [0.25, 0.3) is 5.56 Å². The summed E-state index contributed by atoms with van der Waals surface area (Å²) in [5.41, 5.74) is 1.85. The summed E-state index contributed by atoms with van der Waals surface area (Å²) in [5, 5.41) is 5.21. The fourth-order valence-electron chi connectivity index (χ4n) is 3.73. The molecule has 2 aromatic heterocycles. The van der Waals surface area contributed by atoms with Crippen molar-refractivity contribution < 1.29 is 4.39 Å². The number of aromatic nitrogens is 2. The SMILES string of the molecule is CCCCCc1nc2sc3c(c2c(=O)n1N=Cc1ccc(F)cc1)CCCC3.